The maximum absolute atomic E-state index is 11.7. The molecule has 0 aliphatic carbocycles. The molecule has 0 saturated heterocycles. The molecule has 0 bridgehead atoms. The smallest absolute Gasteiger partial charge is 0.354 e. The first-order valence-electron chi connectivity index (χ1n) is 6.87. The first kappa shape index (κ1) is 13.5. The Morgan fingerprint density at radius 3 is 3.05 bits per heavy atom. The summed E-state index contributed by atoms with van der Waals surface area (Å²) < 4.78 is 12.5. The number of esters is 1. The fourth-order valence-corrected chi connectivity index (χ4v) is 2.73. The van der Waals surface area contributed by atoms with E-state index in [4.69, 9.17) is 15.2 Å². The number of methoxy groups -OCH3 is 1. The molecule has 0 radical (unpaired) electrons. The lowest BCUT2D eigenvalue weighted by atomic mass is 10.1. The molecular weight excluding hydrogens is 268 g/mol. The van der Waals surface area contributed by atoms with Gasteiger partial charge in [-0.25, -0.2) is 4.79 Å². The van der Waals surface area contributed by atoms with Gasteiger partial charge < -0.3 is 19.8 Å². The van der Waals surface area contributed by atoms with Crippen LogP contribution in [0, 0.1) is 6.92 Å². The molecule has 1 aliphatic rings. The zero-order valence-electron chi connectivity index (χ0n) is 12.1. The Hall–Kier alpha value is -2.43. The Morgan fingerprint density at radius 2 is 2.29 bits per heavy atom. The highest BCUT2D eigenvalue weighted by Gasteiger charge is 2.25. The van der Waals surface area contributed by atoms with Crippen molar-refractivity contribution in [3.63, 3.8) is 0 Å². The van der Waals surface area contributed by atoms with E-state index in [1.54, 1.807) is 16.8 Å². The summed E-state index contributed by atoms with van der Waals surface area (Å²) in [6.07, 6.45) is 2.57. The minimum absolute atomic E-state index is 0.00277. The summed E-state index contributed by atoms with van der Waals surface area (Å²) in [6, 6.07) is 7.79. The topological polar surface area (TPSA) is 66.5 Å². The molecule has 1 aromatic carbocycles. The number of benzene rings is 1. The van der Waals surface area contributed by atoms with E-state index >= 15 is 0 Å². The second kappa shape index (κ2) is 5.16. The number of hydrogen-bond acceptors (Lipinski definition) is 4. The maximum Gasteiger partial charge on any atom is 0.354 e. The predicted octanol–water partition coefficient (Wildman–Crippen LogP) is 2.17. The lowest BCUT2D eigenvalue weighted by Crippen LogP contribution is -2.23. The summed E-state index contributed by atoms with van der Waals surface area (Å²) >= 11 is 0. The van der Waals surface area contributed by atoms with E-state index in [2.05, 4.69) is 13.0 Å². The molecule has 2 heterocycles. The highest BCUT2D eigenvalue weighted by molar-refractivity contribution is 5.88. The molecule has 0 saturated carbocycles. The highest BCUT2D eigenvalue weighted by Crippen LogP contribution is 2.30. The quantitative estimate of drug-likeness (QED) is 0.878. The molecule has 3 rings (SSSR count). The zero-order valence-corrected chi connectivity index (χ0v) is 12.1. The highest BCUT2D eigenvalue weighted by atomic mass is 16.5. The van der Waals surface area contributed by atoms with Crippen LogP contribution < -0.4 is 10.5 Å². The predicted molar refractivity (Wildman–Crippen MR) is 79.5 cm³/mol. The third-order valence-corrected chi connectivity index (χ3v) is 3.67. The van der Waals surface area contributed by atoms with Crippen LogP contribution in [0.3, 0.4) is 0 Å². The Labute approximate surface area is 123 Å². The number of carbonyl (C=O) groups is 1. The SMILES string of the molecule is COC(=O)c1cc(N)cn1CC1Cc2cc(C)ccc2O1. The molecule has 1 atom stereocenters. The lowest BCUT2D eigenvalue weighted by molar-refractivity contribution is 0.0585. The maximum atomic E-state index is 11.7. The van der Waals surface area contributed by atoms with Gasteiger partial charge in [0.25, 0.3) is 0 Å². The molecule has 21 heavy (non-hydrogen) atoms. The number of aromatic nitrogens is 1. The van der Waals surface area contributed by atoms with Crippen LogP contribution in [0.25, 0.3) is 0 Å². The number of carbonyl (C=O) groups excluding carboxylic acids is 1. The first-order valence-corrected chi connectivity index (χ1v) is 6.87. The van der Waals surface area contributed by atoms with Crippen LogP contribution in [0.2, 0.25) is 0 Å². The molecule has 0 spiro atoms. The number of aryl methyl sites for hydroxylation is 1. The molecule has 110 valence electrons. The van der Waals surface area contributed by atoms with Crippen LogP contribution in [-0.4, -0.2) is 23.8 Å². The van der Waals surface area contributed by atoms with Gasteiger partial charge in [-0.1, -0.05) is 17.7 Å². The second-order valence-corrected chi connectivity index (χ2v) is 5.36. The summed E-state index contributed by atoms with van der Waals surface area (Å²) in [7, 11) is 1.36. The normalized spacial score (nSPS) is 16.4. The molecule has 0 fully saturated rings. The Kier molecular flexibility index (Phi) is 3.33. The van der Waals surface area contributed by atoms with Gasteiger partial charge in [0, 0.05) is 12.6 Å². The zero-order chi connectivity index (χ0) is 15.0. The molecule has 1 aliphatic heterocycles. The summed E-state index contributed by atoms with van der Waals surface area (Å²) in [5, 5.41) is 0. The Bertz CT molecular complexity index is 691. The monoisotopic (exact) mass is 286 g/mol. The minimum Gasteiger partial charge on any atom is -0.488 e. The van der Waals surface area contributed by atoms with Gasteiger partial charge in [0.15, 0.2) is 0 Å². The van der Waals surface area contributed by atoms with Gasteiger partial charge in [-0.05, 0) is 24.6 Å². The van der Waals surface area contributed by atoms with E-state index in [0.29, 0.717) is 17.9 Å². The fraction of sp³-hybridized carbons (Fsp3) is 0.312. The van der Waals surface area contributed by atoms with Gasteiger partial charge >= 0.3 is 5.97 Å². The Morgan fingerprint density at radius 1 is 1.48 bits per heavy atom. The number of hydrogen-bond donors (Lipinski definition) is 1. The van der Waals surface area contributed by atoms with Gasteiger partial charge in [0.2, 0.25) is 0 Å². The molecule has 2 N–H and O–H groups in total. The fourth-order valence-electron chi connectivity index (χ4n) is 2.73. The average Bonchev–Trinajstić information content (AvgIpc) is 3.00. The molecule has 1 aromatic heterocycles. The van der Waals surface area contributed by atoms with Crippen molar-refractivity contribution in [2.75, 3.05) is 12.8 Å². The first-order chi connectivity index (χ1) is 10.1. The second-order valence-electron chi connectivity index (χ2n) is 5.36. The standard InChI is InChI=1S/C16H18N2O3/c1-10-3-4-15-11(5-10)6-13(21-15)9-18-8-12(17)7-14(18)16(19)20-2/h3-5,7-8,13H,6,9,17H2,1-2H3. The van der Waals surface area contributed by atoms with Crippen molar-refractivity contribution < 1.29 is 14.3 Å². The van der Waals surface area contributed by atoms with E-state index in [1.807, 2.05) is 12.1 Å². The van der Waals surface area contributed by atoms with Gasteiger partial charge in [-0.2, -0.15) is 0 Å². The van der Waals surface area contributed by atoms with Crippen LogP contribution in [-0.2, 0) is 17.7 Å². The van der Waals surface area contributed by atoms with Gasteiger partial charge in [-0.3, -0.25) is 0 Å². The van der Waals surface area contributed by atoms with Crippen LogP contribution >= 0.6 is 0 Å². The van der Waals surface area contributed by atoms with Crippen molar-refractivity contribution in [1.82, 2.24) is 4.57 Å². The summed E-state index contributed by atoms with van der Waals surface area (Å²) in [4.78, 5) is 11.7. The summed E-state index contributed by atoms with van der Waals surface area (Å²) in [5.74, 6) is 0.531. The molecule has 5 heteroatoms. The van der Waals surface area contributed by atoms with Crippen molar-refractivity contribution in [2.45, 2.75) is 26.0 Å². The lowest BCUT2D eigenvalue weighted by Gasteiger charge is -2.13. The van der Waals surface area contributed by atoms with Crippen LogP contribution in [0.5, 0.6) is 5.75 Å². The number of anilines is 1. The van der Waals surface area contributed by atoms with Gasteiger partial charge in [-0.15, -0.1) is 0 Å². The largest absolute Gasteiger partial charge is 0.488 e. The van der Waals surface area contributed by atoms with Crippen LogP contribution in [0.1, 0.15) is 21.6 Å². The van der Waals surface area contributed by atoms with Gasteiger partial charge in [0.1, 0.15) is 17.5 Å². The number of fused-ring (bicyclic) bond motifs is 1. The molecule has 0 amide bonds. The van der Waals surface area contributed by atoms with E-state index in [-0.39, 0.29) is 6.10 Å². The minimum atomic E-state index is -0.391. The van der Waals surface area contributed by atoms with Crippen molar-refractivity contribution in [3.05, 3.63) is 47.3 Å². The van der Waals surface area contributed by atoms with Crippen molar-refractivity contribution >= 4 is 11.7 Å². The van der Waals surface area contributed by atoms with Crippen LogP contribution in [0.4, 0.5) is 5.69 Å². The molecular formula is C16H18N2O3. The Balaban J connectivity index is 1.79. The number of nitrogens with two attached hydrogens (primary N) is 1. The third-order valence-electron chi connectivity index (χ3n) is 3.67. The average molecular weight is 286 g/mol. The van der Waals surface area contributed by atoms with Gasteiger partial charge in [0.05, 0.1) is 19.3 Å². The molecule has 5 nitrogen and oxygen atoms in total. The van der Waals surface area contributed by atoms with Crippen molar-refractivity contribution in [1.29, 1.82) is 0 Å². The summed E-state index contributed by atoms with van der Waals surface area (Å²) in [6.45, 7) is 2.63. The number of nitrogen functional groups attached to an aromatic ring is 1. The number of ether oxygens (including phenoxy) is 2. The van der Waals surface area contributed by atoms with E-state index in [1.165, 1.54) is 18.2 Å². The number of rotatable bonds is 3. The van der Waals surface area contributed by atoms with E-state index in [9.17, 15) is 4.79 Å². The summed E-state index contributed by atoms with van der Waals surface area (Å²) in [5.41, 5.74) is 9.20. The van der Waals surface area contributed by atoms with Crippen molar-refractivity contribution in [2.24, 2.45) is 0 Å². The molecule has 2 aromatic rings. The number of nitrogens with zero attached hydrogens (tertiary/aromatic N) is 1. The third kappa shape index (κ3) is 2.59. The van der Waals surface area contributed by atoms with E-state index in [0.717, 1.165) is 12.2 Å². The van der Waals surface area contributed by atoms with E-state index < -0.39 is 5.97 Å². The van der Waals surface area contributed by atoms with Crippen molar-refractivity contribution in [3.8, 4) is 5.75 Å². The van der Waals surface area contributed by atoms with Crippen LogP contribution in [0.15, 0.2) is 30.5 Å². The molecule has 1 unspecified atom stereocenters.